The lowest BCUT2D eigenvalue weighted by Gasteiger charge is -2.26. The summed E-state index contributed by atoms with van der Waals surface area (Å²) < 4.78 is 16.5. The summed E-state index contributed by atoms with van der Waals surface area (Å²) in [4.78, 5) is 29.7. The van der Waals surface area contributed by atoms with Gasteiger partial charge in [-0.15, -0.1) is 0 Å². The van der Waals surface area contributed by atoms with E-state index in [1.165, 1.54) is 4.90 Å². The highest BCUT2D eigenvalue weighted by atomic mass is 16.6. The number of methoxy groups -OCH3 is 1. The van der Waals surface area contributed by atoms with E-state index >= 15 is 0 Å². The first kappa shape index (κ1) is 22.7. The fourth-order valence-corrected chi connectivity index (χ4v) is 4.17. The normalized spacial score (nSPS) is 19.3. The smallest absolute Gasteiger partial charge is 0.295 e. The average Bonchev–Trinajstić information content (AvgIpc) is 3.08. The van der Waals surface area contributed by atoms with Crippen LogP contribution in [0, 0.1) is 0 Å². The number of nitrogens with zero attached hydrogens (tertiary/aromatic N) is 2. The van der Waals surface area contributed by atoms with E-state index in [2.05, 4.69) is 0 Å². The summed E-state index contributed by atoms with van der Waals surface area (Å²) in [6, 6.07) is 11.5. The lowest BCUT2D eigenvalue weighted by molar-refractivity contribution is -0.139. The second-order valence-electron chi connectivity index (χ2n) is 8.28. The van der Waals surface area contributed by atoms with Crippen LogP contribution >= 0.6 is 0 Å². The van der Waals surface area contributed by atoms with Crippen molar-refractivity contribution in [2.75, 3.05) is 47.5 Å². The molecule has 1 fully saturated rings. The molecule has 2 aliphatic heterocycles. The van der Waals surface area contributed by atoms with Gasteiger partial charge in [-0.25, -0.2) is 0 Å². The quantitative estimate of drug-likeness (QED) is 0.393. The first-order chi connectivity index (χ1) is 15.9. The molecular weight excluding hydrogens is 424 g/mol. The zero-order chi connectivity index (χ0) is 23.5. The number of ketones is 1. The highest BCUT2D eigenvalue weighted by Crippen LogP contribution is 2.41. The van der Waals surface area contributed by atoms with Gasteiger partial charge in [0.15, 0.2) is 11.5 Å². The second-order valence-corrected chi connectivity index (χ2v) is 8.28. The number of ether oxygens (including phenoxy) is 3. The minimum absolute atomic E-state index is 0.0507. The van der Waals surface area contributed by atoms with Crippen LogP contribution in [0.25, 0.3) is 5.76 Å². The van der Waals surface area contributed by atoms with Gasteiger partial charge in [0.25, 0.3) is 11.7 Å². The van der Waals surface area contributed by atoms with Gasteiger partial charge < -0.3 is 29.1 Å². The van der Waals surface area contributed by atoms with E-state index in [1.807, 2.05) is 25.1 Å². The van der Waals surface area contributed by atoms with Gasteiger partial charge in [-0.3, -0.25) is 9.59 Å². The summed E-state index contributed by atoms with van der Waals surface area (Å²) in [6.45, 7) is 1.99. The van der Waals surface area contributed by atoms with E-state index in [0.717, 1.165) is 6.54 Å². The van der Waals surface area contributed by atoms with Gasteiger partial charge >= 0.3 is 0 Å². The van der Waals surface area contributed by atoms with Crippen LogP contribution in [0.2, 0.25) is 0 Å². The average molecular weight is 453 g/mol. The number of rotatable bonds is 7. The zero-order valence-electron chi connectivity index (χ0n) is 19.0. The summed E-state index contributed by atoms with van der Waals surface area (Å²) in [5, 5.41) is 11.2. The minimum Gasteiger partial charge on any atom is -0.507 e. The van der Waals surface area contributed by atoms with Crippen LogP contribution in [-0.4, -0.2) is 74.1 Å². The van der Waals surface area contributed by atoms with E-state index in [9.17, 15) is 14.7 Å². The highest BCUT2D eigenvalue weighted by molar-refractivity contribution is 6.46. The molecule has 0 spiro atoms. The molecule has 174 valence electrons. The summed E-state index contributed by atoms with van der Waals surface area (Å²) in [5.74, 6) is 0.0921. The predicted octanol–water partition coefficient (Wildman–Crippen LogP) is 2.84. The standard InChI is InChI=1S/C25H28N2O6/c1-26(2)10-5-11-27-22(16-6-4-7-18(14-16)31-3)21(24(29)25(27)30)23(28)17-8-9-19-20(15-17)33-13-12-32-19/h4,6-9,14-15,22,28H,5,10-13H2,1-3H3/b23-21+/t22-/m1/s1. The lowest BCUT2D eigenvalue weighted by Crippen LogP contribution is -2.32. The Morgan fingerprint density at radius 2 is 1.88 bits per heavy atom. The number of aliphatic hydroxyl groups excluding tert-OH is 1. The van der Waals surface area contributed by atoms with Crippen LogP contribution in [0.15, 0.2) is 48.0 Å². The van der Waals surface area contributed by atoms with Crippen molar-refractivity contribution in [1.82, 2.24) is 9.80 Å². The second kappa shape index (κ2) is 9.54. The number of benzene rings is 2. The topological polar surface area (TPSA) is 88.5 Å². The van der Waals surface area contributed by atoms with Crippen molar-refractivity contribution in [3.8, 4) is 17.2 Å². The van der Waals surface area contributed by atoms with Crippen molar-refractivity contribution in [3.63, 3.8) is 0 Å². The molecule has 0 radical (unpaired) electrons. The molecule has 8 nitrogen and oxygen atoms in total. The van der Waals surface area contributed by atoms with Gasteiger partial charge in [0.1, 0.15) is 24.7 Å². The van der Waals surface area contributed by atoms with Crippen molar-refractivity contribution in [1.29, 1.82) is 0 Å². The number of carbonyl (C=O) groups excluding carboxylic acids is 2. The SMILES string of the molecule is COc1cccc([C@@H]2/C(=C(\O)c3ccc4c(c3)OCCO4)C(=O)C(=O)N2CCCN(C)C)c1. The number of amides is 1. The molecule has 2 aromatic rings. The van der Waals surface area contributed by atoms with Gasteiger partial charge in [-0.05, 0) is 63.0 Å². The van der Waals surface area contributed by atoms with E-state index in [0.29, 0.717) is 54.6 Å². The number of hydrogen-bond acceptors (Lipinski definition) is 7. The van der Waals surface area contributed by atoms with Gasteiger partial charge in [0.2, 0.25) is 0 Å². The summed E-state index contributed by atoms with van der Waals surface area (Å²) in [7, 11) is 5.47. The molecule has 0 bridgehead atoms. The molecular formula is C25H28N2O6. The van der Waals surface area contributed by atoms with E-state index < -0.39 is 17.7 Å². The van der Waals surface area contributed by atoms with Crippen LogP contribution < -0.4 is 14.2 Å². The van der Waals surface area contributed by atoms with E-state index in [1.54, 1.807) is 43.5 Å². The number of aliphatic hydroxyl groups is 1. The Labute approximate surface area is 193 Å². The molecule has 0 aliphatic carbocycles. The number of Topliss-reactive ketones (excluding diaryl/α,β-unsaturated/α-hetero) is 1. The fourth-order valence-electron chi connectivity index (χ4n) is 4.17. The van der Waals surface area contributed by atoms with Crippen LogP contribution in [0.4, 0.5) is 0 Å². The van der Waals surface area contributed by atoms with Crippen LogP contribution in [0.1, 0.15) is 23.6 Å². The molecule has 1 saturated heterocycles. The maximum absolute atomic E-state index is 13.1. The van der Waals surface area contributed by atoms with Gasteiger partial charge in [0.05, 0.1) is 18.7 Å². The Morgan fingerprint density at radius 3 is 2.61 bits per heavy atom. The lowest BCUT2D eigenvalue weighted by atomic mass is 9.95. The zero-order valence-corrected chi connectivity index (χ0v) is 19.0. The Hall–Kier alpha value is -3.52. The third-order valence-corrected chi connectivity index (χ3v) is 5.77. The van der Waals surface area contributed by atoms with Gasteiger partial charge in [-0.1, -0.05) is 12.1 Å². The Bertz CT molecular complexity index is 1090. The fraction of sp³-hybridized carbons (Fsp3) is 0.360. The Kier molecular flexibility index (Phi) is 6.55. The molecule has 1 atom stereocenters. The molecule has 2 aromatic carbocycles. The Morgan fingerprint density at radius 1 is 1.12 bits per heavy atom. The molecule has 0 saturated carbocycles. The first-order valence-electron chi connectivity index (χ1n) is 10.9. The van der Waals surface area contributed by atoms with E-state index in [-0.39, 0.29) is 11.3 Å². The van der Waals surface area contributed by atoms with Gasteiger partial charge in [0, 0.05) is 12.1 Å². The Balaban J connectivity index is 1.79. The summed E-state index contributed by atoms with van der Waals surface area (Å²) in [6.07, 6.45) is 0.685. The van der Waals surface area contributed by atoms with Crippen molar-refractivity contribution < 1.29 is 28.9 Å². The number of hydrogen-bond donors (Lipinski definition) is 1. The molecule has 1 amide bonds. The van der Waals surface area contributed by atoms with E-state index in [4.69, 9.17) is 14.2 Å². The number of likely N-dealkylation sites (tertiary alicyclic amines) is 1. The predicted molar refractivity (Wildman–Crippen MR) is 123 cm³/mol. The summed E-state index contributed by atoms with van der Waals surface area (Å²) in [5.41, 5.74) is 1.13. The minimum atomic E-state index is -0.726. The largest absolute Gasteiger partial charge is 0.507 e. The molecule has 8 heteroatoms. The van der Waals surface area contributed by atoms with Crippen LogP contribution in [0.5, 0.6) is 17.2 Å². The number of carbonyl (C=O) groups is 2. The highest BCUT2D eigenvalue weighted by Gasteiger charge is 2.46. The van der Waals surface area contributed by atoms with Crippen molar-refractivity contribution in [3.05, 3.63) is 59.2 Å². The van der Waals surface area contributed by atoms with Crippen molar-refractivity contribution in [2.24, 2.45) is 0 Å². The van der Waals surface area contributed by atoms with Gasteiger partial charge in [-0.2, -0.15) is 0 Å². The maximum Gasteiger partial charge on any atom is 0.295 e. The first-order valence-corrected chi connectivity index (χ1v) is 10.9. The maximum atomic E-state index is 13.1. The molecule has 2 aliphatic rings. The van der Waals surface area contributed by atoms with Crippen LogP contribution in [0.3, 0.4) is 0 Å². The molecule has 33 heavy (non-hydrogen) atoms. The molecule has 2 heterocycles. The third kappa shape index (κ3) is 4.52. The van der Waals surface area contributed by atoms with Crippen molar-refractivity contribution >= 4 is 17.4 Å². The van der Waals surface area contributed by atoms with Crippen LogP contribution in [-0.2, 0) is 9.59 Å². The number of fused-ring (bicyclic) bond motifs is 1. The molecule has 4 rings (SSSR count). The van der Waals surface area contributed by atoms with Crippen molar-refractivity contribution in [2.45, 2.75) is 12.5 Å². The monoisotopic (exact) mass is 452 g/mol. The summed E-state index contributed by atoms with van der Waals surface area (Å²) >= 11 is 0. The molecule has 0 unspecified atom stereocenters. The molecule has 1 N–H and O–H groups in total. The third-order valence-electron chi connectivity index (χ3n) is 5.77. The molecule has 0 aromatic heterocycles.